The standard InChI is InChI=1S/C13H19N5S.HI/c1-10-5-7-19-12(10)9-16-13(14-2)15-8-11-4-6-17-18(11)3;/h4-7H,8-9H2,1-3H3,(H2,14,15,16);1H. The lowest BCUT2D eigenvalue weighted by Crippen LogP contribution is -2.36. The number of aromatic nitrogens is 2. The van der Waals surface area contributed by atoms with Crippen LogP contribution in [0.2, 0.25) is 0 Å². The molecule has 0 fully saturated rings. The van der Waals surface area contributed by atoms with Gasteiger partial charge in [0.1, 0.15) is 0 Å². The molecule has 110 valence electrons. The van der Waals surface area contributed by atoms with Crippen molar-refractivity contribution in [3.05, 3.63) is 39.8 Å². The van der Waals surface area contributed by atoms with Crippen LogP contribution in [0.3, 0.4) is 0 Å². The van der Waals surface area contributed by atoms with Gasteiger partial charge >= 0.3 is 0 Å². The lowest BCUT2D eigenvalue weighted by Gasteiger charge is -2.11. The van der Waals surface area contributed by atoms with Crippen LogP contribution < -0.4 is 10.6 Å². The Morgan fingerprint density at radius 1 is 1.35 bits per heavy atom. The predicted molar refractivity (Wildman–Crippen MR) is 94.7 cm³/mol. The molecule has 7 heteroatoms. The maximum Gasteiger partial charge on any atom is 0.191 e. The van der Waals surface area contributed by atoms with Crippen molar-refractivity contribution < 1.29 is 0 Å². The summed E-state index contributed by atoms with van der Waals surface area (Å²) in [5.41, 5.74) is 2.44. The SMILES string of the molecule is CN=C(NCc1sccc1C)NCc1ccnn1C.I. The van der Waals surface area contributed by atoms with Crippen LogP contribution in [0.4, 0.5) is 0 Å². The number of aryl methyl sites for hydroxylation is 2. The van der Waals surface area contributed by atoms with Crippen LogP contribution in [-0.4, -0.2) is 22.8 Å². The van der Waals surface area contributed by atoms with E-state index in [0.717, 1.165) is 18.2 Å². The Morgan fingerprint density at radius 2 is 2.10 bits per heavy atom. The van der Waals surface area contributed by atoms with E-state index in [1.165, 1.54) is 10.4 Å². The summed E-state index contributed by atoms with van der Waals surface area (Å²) in [5.74, 6) is 0.800. The fourth-order valence-electron chi connectivity index (χ4n) is 1.72. The molecule has 0 aliphatic carbocycles. The van der Waals surface area contributed by atoms with E-state index < -0.39 is 0 Å². The molecule has 5 nitrogen and oxygen atoms in total. The monoisotopic (exact) mass is 405 g/mol. The highest BCUT2D eigenvalue weighted by Crippen LogP contribution is 2.14. The van der Waals surface area contributed by atoms with Crippen LogP contribution in [0.1, 0.15) is 16.1 Å². The molecule has 0 radical (unpaired) electrons. The van der Waals surface area contributed by atoms with Gasteiger partial charge in [-0.15, -0.1) is 35.3 Å². The molecule has 0 saturated heterocycles. The molecule has 0 unspecified atom stereocenters. The summed E-state index contributed by atoms with van der Waals surface area (Å²) in [7, 11) is 3.71. The van der Waals surface area contributed by atoms with Gasteiger partial charge in [0.25, 0.3) is 0 Å². The Labute approximate surface area is 140 Å². The van der Waals surface area contributed by atoms with Gasteiger partial charge in [0, 0.05) is 25.2 Å². The largest absolute Gasteiger partial charge is 0.352 e. The lowest BCUT2D eigenvalue weighted by molar-refractivity contribution is 0.685. The summed E-state index contributed by atoms with van der Waals surface area (Å²) in [6, 6.07) is 4.12. The molecule has 0 aliphatic heterocycles. The third-order valence-electron chi connectivity index (χ3n) is 2.97. The Bertz CT molecular complexity index is 514. The summed E-state index contributed by atoms with van der Waals surface area (Å²) < 4.78 is 1.85. The van der Waals surface area contributed by atoms with E-state index in [1.54, 1.807) is 24.6 Å². The molecule has 0 amide bonds. The second-order valence-electron chi connectivity index (χ2n) is 4.25. The molecule has 0 atom stereocenters. The van der Waals surface area contributed by atoms with Crippen LogP contribution in [0, 0.1) is 6.92 Å². The van der Waals surface area contributed by atoms with Crippen molar-refractivity contribution in [3.63, 3.8) is 0 Å². The Hall–Kier alpha value is -1.09. The quantitative estimate of drug-likeness (QED) is 0.466. The van der Waals surface area contributed by atoms with E-state index in [-0.39, 0.29) is 24.0 Å². The van der Waals surface area contributed by atoms with Gasteiger partial charge in [-0.1, -0.05) is 0 Å². The van der Waals surface area contributed by atoms with Crippen molar-refractivity contribution in [2.45, 2.75) is 20.0 Å². The molecule has 2 aromatic rings. The Morgan fingerprint density at radius 3 is 2.65 bits per heavy atom. The smallest absolute Gasteiger partial charge is 0.191 e. The van der Waals surface area contributed by atoms with Crippen LogP contribution in [0.5, 0.6) is 0 Å². The minimum absolute atomic E-state index is 0. The number of hydrogen-bond donors (Lipinski definition) is 2. The number of nitrogens with zero attached hydrogens (tertiary/aromatic N) is 3. The van der Waals surface area contributed by atoms with Crippen LogP contribution >= 0.6 is 35.3 Å². The van der Waals surface area contributed by atoms with Gasteiger partial charge in [-0.25, -0.2) is 0 Å². The number of guanidine groups is 1. The van der Waals surface area contributed by atoms with Crippen LogP contribution in [0.25, 0.3) is 0 Å². The van der Waals surface area contributed by atoms with Gasteiger partial charge < -0.3 is 10.6 Å². The molecule has 20 heavy (non-hydrogen) atoms. The fourth-order valence-corrected chi connectivity index (χ4v) is 2.56. The first-order valence-corrected chi connectivity index (χ1v) is 7.03. The first-order valence-electron chi connectivity index (χ1n) is 6.15. The molecule has 0 bridgehead atoms. The van der Waals surface area contributed by atoms with E-state index in [0.29, 0.717) is 6.54 Å². The first kappa shape index (κ1) is 17.0. The molecule has 0 spiro atoms. The van der Waals surface area contributed by atoms with Crippen molar-refractivity contribution >= 4 is 41.3 Å². The number of aliphatic imine (C=N–C) groups is 1. The highest BCUT2D eigenvalue weighted by atomic mass is 127. The summed E-state index contributed by atoms with van der Waals surface area (Å²) in [4.78, 5) is 5.55. The Balaban J connectivity index is 0.00000200. The van der Waals surface area contributed by atoms with Gasteiger partial charge in [-0.05, 0) is 30.0 Å². The maximum absolute atomic E-state index is 4.22. The Kier molecular flexibility index (Phi) is 7.00. The van der Waals surface area contributed by atoms with E-state index >= 15 is 0 Å². The summed E-state index contributed by atoms with van der Waals surface area (Å²) in [6.45, 7) is 3.63. The van der Waals surface area contributed by atoms with Gasteiger partial charge in [0.05, 0.1) is 18.8 Å². The van der Waals surface area contributed by atoms with E-state index in [9.17, 15) is 0 Å². The predicted octanol–water partition coefficient (Wildman–Crippen LogP) is 2.27. The van der Waals surface area contributed by atoms with Gasteiger partial charge in [-0.2, -0.15) is 5.10 Å². The molecule has 0 aromatic carbocycles. The summed E-state index contributed by atoms with van der Waals surface area (Å²) in [5, 5.41) is 12.8. The van der Waals surface area contributed by atoms with Gasteiger partial charge in [0.2, 0.25) is 0 Å². The molecule has 0 aliphatic rings. The summed E-state index contributed by atoms with van der Waals surface area (Å²) >= 11 is 1.76. The minimum Gasteiger partial charge on any atom is -0.352 e. The van der Waals surface area contributed by atoms with E-state index in [2.05, 4.69) is 39.1 Å². The average molecular weight is 405 g/mol. The van der Waals surface area contributed by atoms with Crippen molar-refractivity contribution in [2.24, 2.45) is 12.0 Å². The topological polar surface area (TPSA) is 54.2 Å². The molecule has 0 saturated carbocycles. The third kappa shape index (κ3) is 4.48. The zero-order valence-corrected chi connectivity index (χ0v) is 15.0. The zero-order valence-electron chi connectivity index (χ0n) is 11.9. The van der Waals surface area contributed by atoms with E-state index in [4.69, 9.17) is 0 Å². The van der Waals surface area contributed by atoms with E-state index in [1.807, 2.05) is 17.8 Å². The molecule has 2 N–H and O–H groups in total. The maximum atomic E-state index is 4.22. The van der Waals surface area contributed by atoms with Gasteiger partial charge in [0.15, 0.2) is 5.96 Å². The number of halogens is 1. The van der Waals surface area contributed by atoms with Crippen molar-refractivity contribution in [1.82, 2.24) is 20.4 Å². The minimum atomic E-state index is 0. The fraction of sp³-hybridized carbons (Fsp3) is 0.385. The zero-order chi connectivity index (χ0) is 13.7. The molecule has 2 heterocycles. The molecular weight excluding hydrogens is 385 g/mol. The normalized spacial score (nSPS) is 11.1. The average Bonchev–Trinajstić information content (AvgIpc) is 2.99. The molecule has 2 rings (SSSR count). The van der Waals surface area contributed by atoms with Crippen molar-refractivity contribution in [3.8, 4) is 0 Å². The lowest BCUT2D eigenvalue weighted by atomic mass is 10.3. The van der Waals surface area contributed by atoms with Gasteiger partial charge in [-0.3, -0.25) is 9.67 Å². The first-order chi connectivity index (χ1) is 9.20. The summed E-state index contributed by atoms with van der Waals surface area (Å²) in [6.07, 6.45) is 1.79. The van der Waals surface area contributed by atoms with Crippen molar-refractivity contribution in [1.29, 1.82) is 0 Å². The second kappa shape index (κ2) is 8.25. The van der Waals surface area contributed by atoms with Crippen molar-refractivity contribution in [2.75, 3.05) is 7.05 Å². The van der Waals surface area contributed by atoms with Crippen LogP contribution in [0.15, 0.2) is 28.7 Å². The molecular formula is C13H20IN5S. The number of thiophene rings is 1. The third-order valence-corrected chi connectivity index (χ3v) is 3.99. The highest BCUT2D eigenvalue weighted by molar-refractivity contribution is 14.0. The second-order valence-corrected chi connectivity index (χ2v) is 5.25. The van der Waals surface area contributed by atoms with Crippen LogP contribution in [-0.2, 0) is 20.1 Å². The molecule has 2 aromatic heterocycles. The number of nitrogens with one attached hydrogen (secondary N) is 2. The number of rotatable bonds is 4. The highest BCUT2D eigenvalue weighted by Gasteiger charge is 2.03. The number of hydrogen-bond acceptors (Lipinski definition) is 3.